The van der Waals surface area contributed by atoms with Crippen LogP contribution in [0, 0.1) is 13.8 Å². The zero-order valence-corrected chi connectivity index (χ0v) is 12.3. The van der Waals surface area contributed by atoms with E-state index in [4.69, 9.17) is 0 Å². The molecule has 0 aliphatic carbocycles. The van der Waals surface area contributed by atoms with Crippen molar-refractivity contribution in [1.29, 1.82) is 0 Å². The summed E-state index contributed by atoms with van der Waals surface area (Å²) in [5.74, 6) is -0.405. The van der Waals surface area contributed by atoms with Gasteiger partial charge in [0.15, 0.2) is 0 Å². The van der Waals surface area contributed by atoms with Gasteiger partial charge in [-0.05, 0) is 25.5 Å². The third-order valence-corrected chi connectivity index (χ3v) is 4.02. The van der Waals surface area contributed by atoms with E-state index >= 15 is 0 Å². The Bertz CT molecular complexity index is 568. The summed E-state index contributed by atoms with van der Waals surface area (Å²) in [7, 11) is -0.793. The second-order valence-corrected chi connectivity index (χ2v) is 6.44. The van der Waals surface area contributed by atoms with Crippen LogP contribution in [0.15, 0.2) is 18.2 Å². The standard InChI is InChI=1S/C12H19N3O3S/c1-9-5-6-11(10(2)7-9)14-12(16)8-13-19(17,18)15(3)4/h5-7,13H,8H2,1-4H3,(H,14,16). The molecule has 0 heterocycles. The molecule has 0 aliphatic heterocycles. The van der Waals surface area contributed by atoms with Crippen LogP contribution in [0.3, 0.4) is 0 Å². The Morgan fingerprint density at radius 2 is 1.89 bits per heavy atom. The summed E-state index contributed by atoms with van der Waals surface area (Å²) in [6.07, 6.45) is 0. The monoisotopic (exact) mass is 285 g/mol. The Morgan fingerprint density at radius 1 is 1.26 bits per heavy atom. The second-order valence-electron chi connectivity index (χ2n) is 4.48. The summed E-state index contributed by atoms with van der Waals surface area (Å²) in [4.78, 5) is 11.7. The van der Waals surface area contributed by atoms with Gasteiger partial charge in [-0.1, -0.05) is 17.7 Å². The van der Waals surface area contributed by atoms with Crippen LogP contribution in [-0.4, -0.2) is 39.3 Å². The molecular formula is C12H19N3O3S. The molecule has 0 bridgehead atoms. The number of rotatable bonds is 5. The number of carbonyl (C=O) groups is 1. The van der Waals surface area contributed by atoms with Crippen LogP contribution in [0.5, 0.6) is 0 Å². The lowest BCUT2D eigenvalue weighted by Crippen LogP contribution is -2.40. The van der Waals surface area contributed by atoms with E-state index in [1.165, 1.54) is 14.1 Å². The predicted molar refractivity (Wildman–Crippen MR) is 75.2 cm³/mol. The normalized spacial score (nSPS) is 11.6. The van der Waals surface area contributed by atoms with Crippen molar-refractivity contribution in [3.05, 3.63) is 29.3 Å². The average Bonchev–Trinajstić information content (AvgIpc) is 2.30. The summed E-state index contributed by atoms with van der Waals surface area (Å²) in [6, 6.07) is 5.62. The van der Waals surface area contributed by atoms with Gasteiger partial charge in [-0.2, -0.15) is 17.4 Å². The molecule has 1 amide bonds. The Morgan fingerprint density at radius 3 is 2.42 bits per heavy atom. The molecule has 0 atom stereocenters. The molecule has 2 N–H and O–H groups in total. The largest absolute Gasteiger partial charge is 0.325 e. The molecule has 0 radical (unpaired) electrons. The summed E-state index contributed by atoms with van der Waals surface area (Å²) < 4.78 is 26.1. The van der Waals surface area contributed by atoms with E-state index in [2.05, 4.69) is 10.0 Å². The first-order valence-corrected chi connectivity index (χ1v) is 7.20. The minimum absolute atomic E-state index is 0.298. The summed E-state index contributed by atoms with van der Waals surface area (Å²) >= 11 is 0. The van der Waals surface area contributed by atoms with Crippen molar-refractivity contribution in [2.24, 2.45) is 0 Å². The minimum atomic E-state index is -3.58. The van der Waals surface area contributed by atoms with E-state index in [9.17, 15) is 13.2 Å². The Labute approximate surface area is 114 Å². The topological polar surface area (TPSA) is 78.5 Å². The van der Waals surface area contributed by atoms with E-state index < -0.39 is 16.1 Å². The molecular weight excluding hydrogens is 266 g/mol. The molecule has 106 valence electrons. The maximum absolute atomic E-state index is 11.7. The van der Waals surface area contributed by atoms with Gasteiger partial charge in [-0.3, -0.25) is 4.79 Å². The molecule has 0 spiro atoms. The van der Waals surface area contributed by atoms with Crippen molar-refractivity contribution in [2.45, 2.75) is 13.8 Å². The fourth-order valence-electron chi connectivity index (χ4n) is 1.43. The fourth-order valence-corrected chi connectivity index (χ4v) is 2.01. The van der Waals surface area contributed by atoms with Gasteiger partial charge in [0.2, 0.25) is 5.91 Å². The van der Waals surface area contributed by atoms with Gasteiger partial charge in [0.05, 0.1) is 6.54 Å². The van der Waals surface area contributed by atoms with Crippen LogP contribution in [0.4, 0.5) is 5.69 Å². The first-order valence-electron chi connectivity index (χ1n) is 5.76. The molecule has 7 heteroatoms. The van der Waals surface area contributed by atoms with E-state index in [-0.39, 0.29) is 6.54 Å². The van der Waals surface area contributed by atoms with Crippen LogP contribution in [0.25, 0.3) is 0 Å². The second kappa shape index (κ2) is 6.14. The fraction of sp³-hybridized carbons (Fsp3) is 0.417. The third kappa shape index (κ3) is 4.62. The molecule has 1 aromatic carbocycles. The van der Waals surface area contributed by atoms with Gasteiger partial charge in [0.25, 0.3) is 10.2 Å². The highest BCUT2D eigenvalue weighted by Crippen LogP contribution is 2.15. The van der Waals surface area contributed by atoms with Crippen LogP contribution >= 0.6 is 0 Å². The summed E-state index contributed by atoms with van der Waals surface area (Å²) in [6.45, 7) is 3.55. The van der Waals surface area contributed by atoms with E-state index in [1.54, 1.807) is 6.07 Å². The van der Waals surface area contributed by atoms with Crippen molar-refractivity contribution in [3.63, 3.8) is 0 Å². The Kier molecular flexibility index (Phi) is 5.04. The summed E-state index contributed by atoms with van der Waals surface area (Å²) in [5.41, 5.74) is 2.72. The van der Waals surface area contributed by atoms with Crippen LogP contribution in [-0.2, 0) is 15.0 Å². The molecule has 1 aromatic rings. The number of aryl methyl sites for hydroxylation is 2. The summed E-state index contributed by atoms with van der Waals surface area (Å²) in [5, 5.41) is 2.66. The quantitative estimate of drug-likeness (QED) is 0.833. The van der Waals surface area contributed by atoms with Gasteiger partial charge >= 0.3 is 0 Å². The smallest absolute Gasteiger partial charge is 0.279 e. The maximum atomic E-state index is 11.7. The van der Waals surface area contributed by atoms with E-state index in [0.29, 0.717) is 5.69 Å². The third-order valence-electron chi connectivity index (χ3n) is 2.55. The molecule has 1 rings (SSSR count). The van der Waals surface area contributed by atoms with Gasteiger partial charge in [-0.25, -0.2) is 0 Å². The lowest BCUT2D eigenvalue weighted by atomic mass is 10.1. The Hall–Kier alpha value is -1.44. The van der Waals surface area contributed by atoms with Crippen molar-refractivity contribution in [2.75, 3.05) is 26.0 Å². The molecule has 6 nitrogen and oxygen atoms in total. The van der Waals surface area contributed by atoms with Gasteiger partial charge in [-0.15, -0.1) is 0 Å². The van der Waals surface area contributed by atoms with Gasteiger partial charge < -0.3 is 5.32 Å². The molecule has 0 unspecified atom stereocenters. The molecule has 19 heavy (non-hydrogen) atoms. The van der Waals surface area contributed by atoms with Crippen molar-refractivity contribution in [1.82, 2.24) is 9.03 Å². The minimum Gasteiger partial charge on any atom is -0.325 e. The highest BCUT2D eigenvalue weighted by molar-refractivity contribution is 7.87. The highest BCUT2D eigenvalue weighted by Gasteiger charge is 2.14. The predicted octanol–water partition coefficient (Wildman–Crippen LogP) is 0.638. The van der Waals surface area contributed by atoms with Crippen molar-refractivity contribution in [3.8, 4) is 0 Å². The molecule has 0 saturated heterocycles. The average molecular weight is 285 g/mol. The SMILES string of the molecule is Cc1ccc(NC(=O)CNS(=O)(=O)N(C)C)c(C)c1. The number of carbonyl (C=O) groups excluding carboxylic acids is 1. The van der Waals surface area contributed by atoms with Gasteiger partial charge in [0.1, 0.15) is 0 Å². The number of hydrogen-bond acceptors (Lipinski definition) is 3. The van der Waals surface area contributed by atoms with Gasteiger partial charge in [0, 0.05) is 19.8 Å². The number of hydrogen-bond donors (Lipinski definition) is 2. The number of amides is 1. The first kappa shape index (κ1) is 15.6. The number of benzene rings is 1. The zero-order valence-electron chi connectivity index (χ0n) is 11.5. The Balaban J connectivity index is 2.62. The van der Waals surface area contributed by atoms with Crippen LogP contribution in [0.2, 0.25) is 0 Å². The van der Waals surface area contributed by atoms with E-state index in [1.807, 2.05) is 26.0 Å². The maximum Gasteiger partial charge on any atom is 0.279 e. The number of nitrogens with one attached hydrogen (secondary N) is 2. The molecule has 0 aliphatic rings. The first-order chi connectivity index (χ1) is 8.72. The highest BCUT2D eigenvalue weighted by atomic mass is 32.2. The lowest BCUT2D eigenvalue weighted by Gasteiger charge is -2.13. The lowest BCUT2D eigenvalue weighted by molar-refractivity contribution is -0.115. The van der Waals surface area contributed by atoms with Crippen LogP contribution < -0.4 is 10.0 Å². The van der Waals surface area contributed by atoms with Crippen molar-refractivity contribution >= 4 is 21.8 Å². The van der Waals surface area contributed by atoms with E-state index in [0.717, 1.165) is 15.4 Å². The number of nitrogens with zero attached hydrogens (tertiary/aromatic N) is 1. The molecule has 0 fully saturated rings. The number of anilines is 1. The van der Waals surface area contributed by atoms with Crippen LogP contribution in [0.1, 0.15) is 11.1 Å². The molecule has 0 saturated carbocycles. The van der Waals surface area contributed by atoms with Crippen molar-refractivity contribution < 1.29 is 13.2 Å². The zero-order chi connectivity index (χ0) is 14.6. The molecule has 0 aromatic heterocycles.